The van der Waals surface area contributed by atoms with Crippen molar-refractivity contribution in [1.82, 2.24) is 15.3 Å². The molecule has 0 aromatic carbocycles. The molecule has 0 radical (unpaired) electrons. The van der Waals surface area contributed by atoms with E-state index >= 15 is 0 Å². The predicted molar refractivity (Wildman–Crippen MR) is 69.9 cm³/mol. The topological polar surface area (TPSA) is 67.4 Å². The minimum atomic E-state index is 0.0694. The van der Waals surface area contributed by atoms with Crippen molar-refractivity contribution in [2.24, 2.45) is 0 Å². The summed E-state index contributed by atoms with van der Waals surface area (Å²) in [6.45, 7) is 3.15. The zero-order valence-corrected chi connectivity index (χ0v) is 10.8. The van der Waals surface area contributed by atoms with Crippen molar-refractivity contribution in [3.8, 4) is 0 Å². The quantitative estimate of drug-likeness (QED) is 0.800. The number of fused-ring (bicyclic) bond motifs is 1. The number of carbonyl (C=O) groups excluding carboxylic acids is 1. The van der Waals surface area contributed by atoms with Gasteiger partial charge in [-0.3, -0.25) is 4.79 Å². The fraction of sp³-hybridized carbons (Fsp3) is 0.615. The van der Waals surface area contributed by atoms with Gasteiger partial charge in [0.1, 0.15) is 0 Å². The van der Waals surface area contributed by atoms with Gasteiger partial charge < -0.3 is 15.0 Å². The zero-order valence-electron chi connectivity index (χ0n) is 10.8. The lowest BCUT2D eigenvalue weighted by atomic mass is 9.92. The van der Waals surface area contributed by atoms with Crippen molar-refractivity contribution in [3.63, 3.8) is 0 Å². The number of rotatable bonds is 3. The predicted octanol–water partition coefficient (Wildman–Crippen LogP) is 0.437. The third-order valence-corrected chi connectivity index (χ3v) is 3.73. The van der Waals surface area contributed by atoms with Gasteiger partial charge in [0.05, 0.1) is 24.9 Å². The zero-order chi connectivity index (χ0) is 13.1. The average molecular weight is 262 g/mol. The summed E-state index contributed by atoms with van der Waals surface area (Å²) in [7, 11) is 0. The van der Waals surface area contributed by atoms with Gasteiger partial charge in [-0.1, -0.05) is 0 Å². The standard InChI is InChI=1S/C13H18N4O2/c18-9-15-11-2-1-3-12-10(11)8-14-13(16-12)17-4-6-19-7-5-17/h8-9,11H,1-7H2,(H,15,18)/t11-/m1/s1. The molecule has 0 saturated carbocycles. The fourth-order valence-electron chi connectivity index (χ4n) is 2.71. The van der Waals surface area contributed by atoms with Gasteiger partial charge in [0.15, 0.2) is 0 Å². The Morgan fingerprint density at radius 3 is 3.05 bits per heavy atom. The molecule has 1 aromatic heterocycles. The smallest absolute Gasteiger partial charge is 0.225 e. The molecule has 0 unspecified atom stereocenters. The first-order valence-electron chi connectivity index (χ1n) is 6.76. The van der Waals surface area contributed by atoms with Crippen LogP contribution in [0.15, 0.2) is 6.20 Å². The summed E-state index contributed by atoms with van der Waals surface area (Å²) >= 11 is 0. The number of amides is 1. The van der Waals surface area contributed by atoms with Crippen LogP contribution in [0.4, 0.5) is 5.95 Å². The molecule has 2 aliphatic rings. The van der Waals surface area contributed by atoms with E-state index in [4.69, 9.17) is 4.74 Å². The SMILES string of the molecule is O=CN[C@@H]1CCCc2nc(N3CCOCC3)ncc21. The molecule has 1 aliphatic heterocycles. The number of ether oxygens (including phenoxy) is 1. The highest BCUT2D eigenvalue weighted by Gasteiger charge is 2.23. The Labute approximate surface area is 112 Å². The number of nitrogens with zero attached hydrogens (tertiary/aromatic N) is 3. The molecule has 3 rings (SSSR count). The Balaban J connectivity index is 1.84. The van der Waals surface area contributed by atoms with Crippen molar-refractivity contribution in [2.75, 3.05) is 31.2 Å². The number of hydrogen-bond donors (Lipinski definition) is 1. The summed E-state index contributed by atoms with van der Waals surface area (Å²) in [4.78, 5) is 21.9. The number of morpholine rings is 1. The molecule has 1 aliphatic carbocycles. The van der Waals surface area contributed by atoms with Gasteiger partial charge in [0.25, 0.3) is 0 Å². The first kappa shape index (κ1) is 12.3. The Kier molecular flexibility index (Phi) is 3.59. The van der Waals surface area contributed by atoms with Gasteiger partial charge >= 0.3 is 0 Å². The fourth-order valence-corrected chi connectivity index (χ4v) is 2.71. The van der Waals surface area contributed by atoms with Crippen LogP contribution >= 0.6 is 0 Å². The van der Waals surface area contributed by atoms with Crippen molar-refractivity contribution in [1.29, 1.82) is 0 Å². The average Bonchev–Trinajstić information content (AvgIpc) is 2.48. The Hall–Kier alpha value is -1.69. The van der Waals surface area contributed by atoms with E-state index in [9.17, 15) is 4.79 Å². The van der Waals surface area contributed by atoms with Gasteiger partial charge in [-0.05, 0) is 19.3 Å². The second-order valence-corrected chi connectivity index (χ2v) is 4.90. The van der Waals surface area contributed by atoms with Gasteiger partial charge in [0.2, 0.25) is 12.4 Å². The second kappa shape index (κ2) is 5.52. The van der Waals surface area contributed by atoms with Crippen LogP contribution in [0.3, 0.4) is 0 Å². The lowest BCUT2D eigenvalue weighted by molar-refractivity contribution is -0.110. The molecule has 102 valence electrons. The number of aryl methyl sites for hydroxylation is 1. The number of aromatic nitrogens is 2. The molecular formula is C13H18N4O2. The van der Waals surface area contributed by atoms with Crippen LogP contribution in [0.1, 0.15) is 30.1 Å². The van der Waals surface area contributed by atoms with Gasteiger partial charge in [0, 0.05) is 24.8 Å². The largest absolute Gasteiger partial charge is 0.378 e. The van der Waals surface area contributed by atoms with Crippen LogP contribution in [0.25, 0.3) is 0 Å². The summed E-state index contributed by atoms with van der Waals surface area (Å²) in [5, 5.41) is 2.85. The van der Waals surface area contributed by atoms with E-state index < -0.39 is 0 Å². The molecule has 6 nitrogen and oxygen atoms in total. The first-order chi connectivity index (χ1) is 9.38. The van der Waals surface area contributed by atoms with Gasteiger partial charge in [-0.25, -0.2) is 9.97 Å². The summed E-state index contributed by atoms with van der Waals surface area (Å²) in [6.07, 6.45) is 5.61. The molecule has 1 fully saturated rings. The lowest BCUT2D eigenvalue weighted by Gasteiger charge is -2.29. The van der Waals surface area contributed by atoms with Crippen LogP contribution in [0.2, 0.25) is 0 Å². The van der Waals surface area contributed by atoms with Gasteiger partial charge in [-0.2, -0.15) is 0 Å². The molecule has 1 atom stereocenters. The molecule has 0 spiro atoms. The van der Waals surface area contributed by atoms with Crippen LogP contribution in [-0.2, 0) is 16.0 Å². The Morgan fingerprint density at radius 2 is 2.26 bits per heavy atom. The third-order valence-electron chi connectivity index (χ3n) is 3.73. The van der Waals surface area contributed by atoms with E-state index in [0.29, 0.717) is 0 Å². The van der Waals surface area contributed by atoms with Crippen LogP contribution in [0.5, 0.6) is 0 Å². The van der Waals surface area contributed by atoms with Gasteiger partial charge in [-0.15, -0.1) is 0 Å². The summed E-state index contributed by atoms with van der Waals surface area (Å²) in [5.74, 6) is 0.786. The Morgan fingerprint density at radius 1 is 1.42 bits per heavy atom. The molecular weight excluding hydrogens is 244 g/mol. The molecule has 1 aromatic rings. The van der Waals surface area contributed by atoms with Crippen molar-refractivity contribution in [2.45, 2.75) is 25.3 Å². The minimum Gasteiger partial charge on any atom is -0.378 e. The van der Waals surface area contributed by atoms with E-state index in [0.717, 1.165) is 69.2 Å². The number of nitrogens with one attached hydrogen (secondary N) is 1. The first-order valence-corrected chi connectivity index (χ1v) is 6.76. The van der Waals surface area contributed by atoms with Crippen LogP contribution in [-0.4, -0.2) is 42.7 Å². The molecule has 19 heavy (non-hydrogen) atoms. The maximum absolute atomic E-state index is 10.6. The minimum absolute atomic E-state index is 0.0694. The Bertz CT molecular complexity index is 460. The molecule has 1 saturated heterocycles. The third kappa shape index (κ3) is 2.53. The maximum Gasteiger partial charge on any atom is 0.225 e. The summed E-state index contributed by atoms with van der Waals surface area (Å²) in [6, 6.07) is 0.0694. The van der Waals surface area contributed by atoms with Crippen molar-refractivity contribution in [3.05, 3.63) is 17.5 Å². The second-order valence-electron chi connectivity index (χ2n) is 4.90. The molecule has 1 N–H and O–H groups in total. The maximum atomic E-state index is 10.6. The highest BCUT2D eigenvalue weighted by molar-refractivity contribution is 5.48. The highest BCUT2D eigenvalue weighted by atomic mass is 16.5. The molecule has 6 heteroatoms. The lowest BCUT2D eigenvalue weighted by Crippen LogP contribution is -2.37. The molecule has 2 heterocycles. The monoisotopic (exact) mass is 262 g/mol. The summed E-state index contributed by atoms with van der Waals surface area (Å²) < 4.78 is 5.34. The highest BCUT2D eigenvalue weighted by Crippen LogP contribution is 2.28. The van der Waals surface area contributed by atoms with E-state index in [2.05, 4.69) is 20.2 Å². The van der Waals surface area contributed by atoms with Crippen molar-refractivity contribution < 1.29 is 9.53 Å². The molecule has 0 bridgehead atoms. The van der Waals surface area contributed by atoms with Crippen molar-refractivity contribution >= 4 is 12.4 Å². The summed E-state index contributed by atoms with van der Waals surface area (Å²) in [5.41, 5.74) is 2.14. The van der Waals surface area contributed by atoms with E-state index in [-0.39, 0.29) is 6.04 Å². The van der Waals surface area contributed by atoms with E-state index in [1.807, 2.05) is 6.20 Å². The normalized spacial score (nSPS) is 22.7. The van der Waals surface area contributed by atoms with E-state index in [1.54, 1.807) is 0 Å². The number of hydrogen-bond acceptors (Lipinski definition) is 5. The van der Waals surface area contributed by atoms with Crippen LogP contribution < -0.4 is 10.2 Å². The number of carbonyl (C=O) groups is 1. The van der Waals surface area contributed by atoms with Crippen LogP contribution in [0, 0.1) is 0 Å². The van der Waals surface area contributed by atoms with E-state index in [1.165, 1.54) is 0 Å². The molecule has 1 amide bonds. The number of anilines is 1.